The van der Waals surface area contributed by atoms with Crippen molar-refractivity contribution < 1.29 is 42.9 Å². The van der Waals surface area contributed by atoms with Crippen LogP contribution in [0.3, 0.4) is 0 Å². The molecule has 1 aliphatic rings. The number of rotatable bonds is 6. The van der Waals surface area contributed by atoms with Crippen molar-refractivity contribution in [3.63, 3.8) is 0 Å². The first-order valence-electron chi connectivity index (χ1n) is 8.33. The summed E-state index contributed by atoms with van der Waals surface area (Å²) < 4.78 is 26.8. The Labute approximate surface area is 152 Å². The van der Waals surface area contributed by atoms with Gasteiger partial charge >= 0.3 is 23.9 Å². The molecule has 0 aliphatic carbocycles. The van der Waals surface area contributed by atoms with Gasteiger partial charge in [0, 0.05) is 27.7 Å². The average Bonchev–Trinajstić information content (AvgIpc) is 2.47. The van der Waals surface area contributed by atoms with E-state index in [4.69, 9.17) is 23.7 Å². The van der Waals surface area contributed by atoms with Gasteiger partial charge in [-0.25, -0.2) is 0 Å². The lowest BCUT2D eigenvalue weighted by Crippen LogP contribution is -2.63. The molecule has 0 amide bonds. The largest absolute Gasteiger partial charge is 0.463 e. The van der Waals surface area contributed by atoms with Gasteiger partial charge in [-0.1, -0.05) is 13.8 Å². The van der Waals surface area contributed by atoms with Gasteiger partial charge in [0.1, 0.15) is 18.8 Å². The van der Waals surface area contributed by atoms with Crippen LogP contribution in [-0.2, 0) is 42.9 Å². The van der Waals surface area contributed by atoms with Gasteiger partial charge in [-0.3, -0.25) is 19.2 Å². The molecule has 1 aliphatic heterocycles. The molecule has 9 nitrogen and oxygen atoms in total. The lowest BCUT2D eigenvalue weighted by atomic mass is 9.89. The third kappa shape index (κ3) is 6.29. The van der Waals surface area contributed by atoms with Crippen LogP contribution in [0.2, 0.25) is 0 Å². The highest BCUT2D eigenvalue weighted by atomic mass is 16.7. The van der Waals surface area contributed by atoms with Crippen molar-refractivity contribution in [1.29, 1.82) is 0 Å². The Balaban J connectivity index is 3.27. The normalized spacial score (nSPS) is 28.2. The zero-order valence-electron chi connectivity index (χ0n) is 15.8. The molecule has 1 heterocycles. The molecular formula is C17H26O9. The quantitative estimate of drug-likeness (QED) is 0.491. The summed E-state index contributed by atoms with van der Waals surface area (Å²) in [4.78, 5) is 45.8. The summed E-state index contributed by atoms with van der Waals surface area (Å²) >= 11 is 0. The van der Waals surface area contributed by atoms with Crippen LogP contribution in [0.4, 0.5) is 0 Å². The van der Waals surface area contributed by atoms with Gasteiger partial charge in [-0.2, -0.15) is 0 Å². The van der Waals surface area contributed by atoms with Crippen LogP contribution in [0, 0.1) is 5.92 Å². The maximum Gasteiger partial charge on any atom is 0.303 e. The minimum absolute atomic E-state index is 0.129. The number of esters is 4. The van der Waals surface area contributed by atoms with E-state index in [0.29, 0.717) is 0 Å². The second-order valence-corrected chi connectivity index (χ2v) is 6.41. The van der Waals surface area contributed by atoms with Crippen molar-refractivity contribution in [3.8, 4) is 0 Å². The zero-order chi connectivity index (χ0) is 20.0. The number of carbonyl (C=O) groups excluding carboxylic acids is 4. The summed E-state index contributed by atoms with van der Waals surface area (Å²) in [7, 11) is 0. The van der Waals surface area contributed by atoms with Crippen molar-refractivity contribution in [3.05, 3.63) is 0 Å². The fourth-order valence-electron chi connectivity index (χ4n) is 2.80. The fraction of sp³-hybridized carbons (Fsp3) is 0.765. The first-order valence-corrected chi connectivity index (χ1v) is 8.33. The minimum atomic E-state index is -1.10. The smallest absolute Gasteiger partial charge is 0.303 e. The predicted molar refractivity (Wildman–Crippen MR) is 86.8 cm³/mol. The van der Waals surface area contributed by atoms with Crippen molar-refractivity contribution in [2.24, 2.45) is 5.92 Å². The van der Waals surface area contributed by atoms with Gasteiger partial charge in [-0.05, 0) is 5.92 Å². The molecule has 0 aromatic heterocycles. The van der Waals surface area contributed by atoms with Crippen LogP contribution in [0.5, 0.6) is 0 Å². The highest BCUT2D eigenvalue weighted by molar-refractivity contribution is 5.68. The van der Waals surface area contributed by atoms with E-state index < -0.39 is 54.4 Å². The van der Waals surface area contributed by atoms with Gasteiger partial charge in [0.15, 0.2) is 18.3 Å². The number of carbonyl (C=O) groups is 4. The van der Waals surface area contributed by atoms with Crippen LogP contribution in [0.15, 0.2) is 0 Å². The van der Waals surface area contributed by atoms with E-state index in [0.717, 1.165) is 0 Å². The molecule has 0 aromatic carbocycles. The summed E-state index contributed by atoms with van der Waals surface area (Å²) in [6.07, 6.45) is -4.71. The molecule has 5 atom stereocenters. The Kier molecular flexibility index (Phi) is 8.01. The van der Waals surface area contributed by atoms with Crippen LogP contribution < -0.4 is 0 Å². The lowest BCUT2D eigenvalue weighted by molar-refractivity contribution is -0.258. The van der Waals surface area contributed by atoms with Crippen LogP contribution in [0.25, 0.3) is 0 Å². The summed E-state index contributed by atoms with van der Waals surface area (Å²) in [5, 5.41) is 0. The van der Waals surface area contributed by atoms with Gasteiger partial charge in [0.25, 0.3) is 0 Å². The molecule has 9 heteroatoms. The predicted octanol–water partition coefficient (Wildman–Crippen LogP) is 0.768. The van der Waals surface area contributed by atoms with Crippen molar-refractivity contribution in [1.82, 2.24) is 0 Å². The van der Waals surface area contributed by atoms with E-state index in [1.165, 1.54) is 27.7 Å². The monoisotopic (exact) mass is 374 g/mol. The molecule has 0 radical (unpaired) electrons. The van der Waals surface area contributed by atoms with Crippen molar-refractivity contribution in [2.45, 2.75) is 72.1 Å². The topological polar surface area (TPSA) is 114 Å². The van der Waals surface area contributed by atoms with E-state index in [1.807, 2.05) is 13.8 Å². The third-order valence-corrected chi connectivity index (χ3v) is 3.68. The molecule has 148 valence electrons. The standard InChI is InChI=1S/C17H26O9/c1-8(2)14-16(24-11(5)20)17(25-12(6)21)15(23-10(4)19)13(26-14)7-22-9(3)18/h8,13-17H,7H2,1-6H3/t13-,14?,15+,16+,17+/m1/s1. The molecule has 1 fully saturated rings. The first kappa shape index (κ1) is 21.9. The van der Waals surface area contributed by atoms with Crippen molar-refractivity contribution >= 4 is 23.9 Å². The van der Waals surface area contributed by atoms with E-state index in [9.17, 15) is 19.2 Å². The lowest BCUT2D eigenvalue weighted by Gasteiger charge is -2.45. The molecular weight excluding hydrogens is 348 g/mol. The van der Waals surface area contributed by atoms with Gasteiger partial charge in [-0.15, -0.1) is 0 Å². The van der Waals surface area contributed by atoms with Crippen LogP contribution in [0.1, 0.15) is 41.5 Å². The second kappa shape index (κ2) is 9.51. The summed E-state index contributed by atoms with van der Waals surface area (Å²) in [6, 6.07) is 0. The Morgan fingerprint density at radius 2 is 1.23 bits per heavy atom. The van der Waals surface area contributed by atoms with Gasteiger partial charge < -0.3 is 23.7 Å². The second-order valence-electron chi connectivity index (χ2n) is 6.41. The summed E-state index contributed by atoms with van der Waals surface area (Å²) in [6.45, 7) is 8.28. The van der Waals surface area contributed by atoms with Crippen molar-refractivity contribution in [2.75, 3.05) is 6.61 Å². The zero-order valence-corrected chi connectivity index (χ0v) is 15.8. The Morgan fingerprint density at radius 3 is 1.65 bits per heavy atom. The number of hydrogen-bond acceptors (Lipinski definition) is 9. The molecule has 1 unspecified atom stereocenters. The highest BCUT2D eigenvalue weighted by Crippen LogP contribution is 2.32. The van der Waals surface area contributed by atoms with E-state index in [1.54, 1.807) is 0 Å². The SMILES string of the molecule is CC(=O)OC[C@H]1OC(C(C)C)[C@H](OC(C)=O)[C@@H](OC(C)=O)[C@H]1OC(C)=O. The number of hydrogen-bond donors (Lipinski definition) is 0. The number of ether oxygens (including phenoxy) is 5. The highest BCUT2D eigenvalue weighted by Gasteiger charge is 2.52. The Hall–Kier alpha value is -2.16. The first-order chi connectivity index (χ1) is 12.0. The summed E-state index contributed by atoms with van der Waals surface area (Å²) in [5.74, 6) is -2.55. The van der Waals surface area contributed by atoms with E-state index >= 15 is 0 Å². The maximum atomic E-state index is 11.6. The van der Waals surface area contributed by atoms with Crippen LogP contribution >= 0.6 is 0 Å². The molecule has 1 rings (SSSR count). The molecule has 0 N–H and O–H groups in total. The van der Waals surface area contributed by atoms with Gasteiger partial charge in [0.05, 0.1) is 0 Å². The van der Waals surface area contributed by atoms with E-state index in [-0.39, 0.29) is 12.5 Å². The van der Waals surface area contributed by atoms with Gasteiger partial charge in [0.2, 0.25) is 0 Å². The molecule has 0 spiro atoms. The van der Waals surface area contributed by atoms with E-state index in [2.05, 4.69) is 0 Å². The minimum Gasteiger partial charge on any atom is -0.463 e. The Morgan fingerprint density at radius 1 is 0.769 bits per heavy atom. The molecule has 0 saturated carbocycles. The molecule has 26 heavy (non-hydrogen) atoms. The Bertz CT molecular complexity index is 542. The van der Waals surface area contributed by atoms with Crippen LogP contribution in [-0.4, -0.2) is 61.0 Å². The molecule has 1 saturated heterocycles. The summed E-state index contributed by atoms with van der Waals surface area (Å²) in [5.41, 5.74) is 0. The molecule has 0 aromatic rings. The third-order valence-electron chi connectivity index (χ3n) is 3.68. The average molecular weight is 374 g/mol. The maximum absolute atomic E-state index is 11.6. The molecule has 0 bridgehead atoms. The fourth-order valence-corrected chi connectivity index (χ4v) is 2.80.